The van der Waals surface area contributed by atoms with Gasteiger partial charge >= 0.3 is 0 Å². The summed E-state index contributed by atoms with van der Waals surface area (Å²) in [5.41, 5.74) is 7.51. The third kappa shape index (κ3) is 3.86. The van der Waals surface area contributed by atoms with Crippen LogP contribution in [0, 0.1) is 11.8 Å². The molecular formula is C28H25ClN4O4. The Morgan fingerprint density at radius 3 is 2.78 bits per heavy atom. The largest absolute Gasteiger partial charge is 0.486 e. The second kappa shape index (κ2) is 8.65. The lowest BCUT2D eigenvalue weighted by molar-refractivity contribution is -0.137. The number of hydrogen-bond acceptors (Lipinski definition) is 5. The molecule has 2 aromatic carbocycles. The molecule has 3 N–H and O–H groups in total. The summed E-state index contributed by atoms with van der Waals surface area (Å²) in [6.07, 6.45) is 2.10. The number of ether oxygens (including phenoxy) is 1. The lowest BCUT2D eigenvalue weighted by Gasteiger charge is -2.35. The molecule has 37 heavy (non-hydrogen) atoms. The summed E-state index contributed by atoms with van der Waals surface area (Å²) in [5, 5.41) is 11.2. The quantitative estimate of drug-likeness (QED) is 0.517. The summed E-state index contributed by atoms with van der Waals surface area (Å²) in [4.78, 5) is 30.9. The molecule has 2 bridgehead atoms. The Labute approximate surface area is 219 Å². The zero-order chi connectivity index (χ0) is 25.9. The number of nitrogens with two attached hydrogens (primary N) is 1. The van der Waals surface area contributed by atoms with E-state index in [4.69, 9.17) is 27.1 Å². The van der Waals surface area contributed by atoms with Gasteiger partial charge in [0.25, 0.3) is 11.8 Å². The first-order chi connectivity index (χ1) is 17.7. The molecule has 3 aliphatic heterocycles. The van der Waals surface area contributed by atoms with E-state index in [1.807, 2.05) is 30.3 Å². The van der Waals surface area contributed by atoms with E-state index in [1.54, 1.807) is 19.2 Å². The molecule has 0 spiro atoms. The van der Waals surface area contributed by atoms with Gasteiger partial charge in [-0.2, -0.15) is 0 Å². The fraction of sp³-hybridized carbons (Fsp3) is 0.321. The summed E-state index contributed by atoms with van der Waals surface area (Å²) >= 11 is 6.27. The van der Waals surface area contributed by atoms with Gasteiger partial charge in [-0.25, -0.2) is 4.98 Å². The van der Waals surface area contributed by atoms with Crippen LogP contribution in [0.3, 0.4) is 0 Å². The van der Waals surface area contributed by atoms with Crippen molar-refractivity contribution in [1.29, 1.82) is 0 Å². The Morgan fingerprint density at radius 1 is 1.30 bits per heavy atom. The van der Waals surface area contributed by atoms with Crippen molar-refractivity contribution in [3.63, 3.8) is 0 Å². The number of likely N-dealkylation sites (tertiary alicyclic amines) is 1. The maximum atomic E-state index is 12.4. The minimum absolute atomic E-state index is 0.0909. The number of aromatic nitrogens is 2. The summed E-state index contributed by atoms with van der Waals surface area (Å²) in [6, 6.07) is 13.2. The van der Waals surface area contributed by atoms with Crippen LogP contribution >= 0.6 is 11.6 Å². The van der Waals surface area contributed by atoms with Gasteiger partial charge in [-0.3, -0.25) is 9.59 Å². The van der Waals surface area contributed by atoms with E-state index in [-0.39, 0.29) is 30.7 Å². The lowest BCUT2D eigenvalue weighted by atomic mass is 9.75. The first-order valence-corrected chi connectivity index (χ1v) is 12.6. The summed E-state index contributed by atoms with van der Waals surface area (Å²) < 4.78 is 8.06. The molecule has 9 heteroatoms. The van der Waals surface area contributed by atoms with Gasteiger partial charge in [-0.15, -0.1) is 0 Å². The van der Waals surface area contributed by atoms with Crippen LogP contribution in [-0.4, -0.2) is 50.6 Å². The van der Waals surface area contributed by atoms with Crippen molar-refractivity contribution in [2.75, 3.05) is 13.6 Å². The normalized spacial score (nSPS) is 23.3. The van der Waals surface area contributed by atoms with Crippen molar-refractivity contribution in [2.45, 2.75) is 43.4 Å². The third-order valence-electron chi connectivity index (χ3n) is 7.58. The van der Waals surface area contributed by atoms with Crippen LogP contribution in [0.1, 0.15) is 58.5 Å². The van der Waals surface area contributed by atoms with Crippen molar-refractivity contribution in [1.82, 2.24) is 14.5 Å². The maximum absolute atomic E-state index is 12.4. The predicted octanol–water partition coefficient (Wildman–Crippen LogP) is 3.26. The van der Waals surface area contributed by atoms with E-state index in [0.717, 1.165) is 24.0 Å². The van der Waals surface area contributed by atoms with Crippen LogP contribution in [-0.2, 0) is 11.4 Å². The Morgan fingerprint density at radius 2 is 2.08 bits per heavy atom. The molecule has 1 aromatic heterocycles. The van der Waals surface area contributed by atoms with Gasteiger partial charge in [0.1, 0.15) is 18.2 Å². The summed E-state index contributed by atoms with van der Waals surface area (Å²) in [6.45, 7) is 0.553. The Balaban J connectivity index is 1.41. The van der Waals surface area contributed by atoms with Crippen LogP contribution in [0.25, 0.3) is 11.4 Å². The van der Waals surface area contributed by atoms with Gasteiger partial charge in [-0.1, -0.05) is 41.6 Å². The zero-order valence-electron chi connectivity index (χ0n) is 20.2. The topological polar surface area (TPSA) is 111 Å². The number of imidazole rings is 1. The number of nitrogens with zero attached hydrogens (tertiary/aromatic N) is 3. The van der Waals surface area contributed by atoms with Crippen molar-refractivity contribution >= 4 is 23.4 Å². The van der Waals surface area contributed by atoms with Crippen molar-refractivity contribution in [3.8, 4) is 29.0 Å². The number of hydrogen-bond donors (Lipinski definition) is 2. The van der Waals surface area contributed by atoms with Crippen LogP contribution in [0.2, 0.25) is 5.02 Å². The molecular weight excluding hydrogens is 492 g/mol. The van der Waals surface area contributed by atoms with Crippen molar-refractivity contribution in [2.24, 2.45) is 5.73 Å². The number of carbonyl (C=O) groups excluding carboxylic acids is 2. The fourth-order valence-corrected chi connectivity index (χ4v) is 5.66. The van der Waals surface area contributed by atoms with E-state index in [2.05, 4.69) is 16.4 Å². The average Bonchev–Trinajstić information content (AvgIpc) is 3.26. The van der Waals surface area contributed by atoms with Crippen LogP contribution < -0.4 is 10.5 Å². The molecule has 3 aromatic rings. The Kier molecular flexibility index (Phi) is 5.51. The number of aliphatic hydroxyl groups is 1. The predicted molar refractivity (Wildman–Crippen MR) is 137 cm³/mol. The molecule has 1 saturated heterocycles. The van der Waals surface area contributed by atoms with E-state index in [1.165, 1.54) is 4.90 Å². The number of para-hydroxylation sites is 1. The fourth-order valence-electron chi connectivity index (χ4n) is 5.47. The van der Waals surface area contributed by atoms with Crippen LogP contribution in [0.15, 0.2) is 42.5 Å². The van der Waals surface area contributed by atoms with E-state index in [9.17, 15) is 14.7 Å². The lowest BCUT2D eigenvalue weighted by Crippen LogP contribution is -2.37. The first kappa shape index (κ1) is 23.6. The molecule has 4 aliphatic rings. The molecule has 1 aliphatic carbocycles. The molecule has 4 heterocycles. The second-order valence-electron chi connectivity index (χ2n) is 9.90. The van der Waals surface area contributed by atoms with Gasteiger partial charge in [0.2, 0.25) is 5.60 Å². The number of benzene rings is 2. The minimum atomic E-state index is -1.68. The number of carbonyl (C=O) groups is 2. The Hall–Kier alpha value is -3.80. The Bertz CT molecular complexity index is 1510. The number of primary amides is 1. The highest BCUT2D eigenvalue weighted by atomic mass is 35.5. The van der Waals surface area contributed by atoms with Crippen LogP contribution in [0.5, 0.6) is 5.75 Å². The summed E-state index contributed by atoms with van der Waals surface area (Å²) in [7, 11) is 1.65. The SMILES string of the molecule is CN1CC[C@@](O)(C#Cc2ccc3c(c2)-c2nc(C(N)=O)c(COc4ccccc4Cl)n2C2CC3C2)C1=O. The second-order valence-corrected chi connectivity index (χ2v) is 10.3. The molecule has 0 radical (unpaired) electrons. The van der Waals surface area contributed by atoms with Gasteiger partial charge in [-0.05, 0) is 48.6 Å². The minimum Gasteiger partial charge on any atom is -0.486 e. The molecule has 1 saturated carbocycles. The van der Waals surface area contributed by atoms with E-state index < -0.39 is 11.5 Å². The highest BCUT2D eigenvalue weighted by Gasteiger charge is 2.43. The van der Waals surface area contributed by atoms with Gasteiger partial charge in [0.05, 0.1) is 10.7 Å². The van der Waals surface area contributed by atoms with Gasteiger partial charge < -0.3 is 25.0 Å². The molecule has 2 amide bonds. The maximum Gasteiger partial charge on any atom is 0.269 e. The molecule has 1 atom stereocenters. The average molecular weight is 517 g/mol. The number of rotatable bonds is 4. The highest BCUT2D eigenvalue weighted by Crippen LogP contribution is 2.53. The molecule has 0 unspecified atom stereocenters. The van der Waals surface area contributed by atoms with Crippen molar-refractivity contribution in [3.05, 3.63) is 70.0 Å². The molecule has 7 rings (SSSR count). The van der Waals surface area contributed by atoms with Crippen LogP contribution in [0.4, 0.5) is 0 Å². The zero-order valence-corrected chi connectivity index (χ0v) is 21.0. The van der Waals surface area contributed by atoms with Crippen molar-refractivity contribution < 1.29 is 19.4 Å². The monoisotopic (exact) mass is 516 g/mol. The summed E-state index contributed by atoms with van der Waals surface area (Å²) in [5.74, 6) is 6.28. The van der Waals surface area contributed by atoms with Gasteiger partial charge in [0, 0.05) is 37.2 Å². The third-order valence-corrected chi connectivity index (χ3v) is 7.89. The van der Waals surface area contributed by atoms with E-state index in [0.29, 0.717) is 40.3 Å². The number of amides is 2. The number of likely N-dealkylation sites (N-methyl/N-ethyl adjacent to an activating group) is 1. The van der Waals surface area contributed by atoms with Gasteiger partial charge in [0.15, 0.2) is 5.69 Å². The standard InChI is InChI=1S/C28H25ClN4O4/c1-32-11-10-28(36,27(32)35)9-8-16-6-7-19-17-13-18(14-17)33-22(15-37-23-5-3-2-4-21(23)29)24(25(30)34)31-26(33)20(19)12-16/h2-7,12,17-18,36H,10-11,13-15H2,1H3,(H2,30,34)/t17?,18?,28-/m0/s1. The first-order valence-electron chi connectivity index (χ1n) is 12.2. The highest BCUT2D eigenvalue weighted by molar-refractivity contribution is 6.32. The molecule has 2 fully saturated rings. The molecule has 8 nitrogen and oxygen atoms in total. The molecule has 188 valence electrons. The van der Waals surface area contributed by atoms with E-state index >= 15 is 0 Å². The number of halogens is 1. The smallest absolute Gasteiger partial charge is 0.269 e.